The first kappa shape index (κ1) is 11.7. The maximum atomic E-state index is 9.80. The van der Waals surface area contributed by atoms with Crippen LogP contribution in [0.4, 0.5) is 0 Å². The molecule has 2 aromatic carbocycles. The summed E-state index contributed by atoms with van der Waals surface area (Å²) >= 11 is 0. The van der Waals surface area contributed by atoms with Crippen LogP contribution in [0, 0.1) is 0 Å². The third kappa shape index (κ3) is 1.53. The van der Waals surface area contributed by atoms with Crippen molar-refractivity contribution in [3.8, 4) is 28.0 Å². The molecule has 0 spiro atoms. The van der Waals surface area contributed by atoms with Gasteiger partial charge in [-0.15, -0.1) is 0 Å². The first-order valence-corrected chi connectivity index (χ1v) is 6.85. The van der Waals surface area contributed by atoms with Crippen LogP contribution in [-0.4, -0.2) is 30.1 Å². The van der Waals surface area contributed by atoms with E-state index in [0.717, 1.165) is 22.6 Å². The molecule has 0 amide bonds. The monoisotopic (exact) mass is 265 g/mol. The number of aliphatic hydroxyl groups excluding tert-OH is 1. The Bertz CT molecular complexity index is 734. The van der Waals surface area contributed by atoms with Crippen molar-refractivity contribution < 1.29 is 9.84 Å². The molecule has 1 aliphatic carbocycles. The number of aliphatic imine (C=N–C) groups is 1. The molecule has 1 heterocycles. The van der Waals surface area contributed by atoms with Crippen LogP contribution >= 0.6 is 0 Å². The van der Waals surface area contributed by atoms with Gasteiger partial charge in [-0.3, -0.25) is 4.99 Å². The zero-order valence-corrected chi connectivity index (χ0v) is 11.3. The number of benzene rings is 2. The lowest BCUT2D eigenvalue weighted by atomic mass is 9.78. The molecule has 4 rings (SSSR count). The number of fused-ring (bicyclic) bond motifs is 6. The zero-order valence-electron chi connectivity index (χ0n) is 11.3. The van der Waals surface area contributed by atoms with E-state index in [-0.39, 0.29) is 0 Å². The van der Waals surface area contributed by atoms with Gasteiger partial charge >= 0.3 is 0 Å². The largest absolute Gasteiger partial charge is 0.489 e. The Morgan fingerprint density at radius 1 is 1.05 bits per heavy atom. The Morgan fingerprint density at radius 2 is 1.80 bits per heavy atom. The molecular formula is C17H15NO2. The minimum absolute atomic E-state index is 0.294. The van der Waals surface area contributed by atoms with Gasteiger partial charge in [-0.1, -0.05) is 30.3 Å². The fraction of sp³-hybridized carbons (Fsp3) is 0.235. The molecule has 1 N–H and O–H groups in total. The van der Waals surface area contributed by atoms with E-state index < -0.39 is 6.10 Å². The Hall–Kier alpha value is -2.13. The van der Waals surface area contributed by atoms with E-state index in [4.69, 9.17) is 4.74 Å². The number of rotatable bonds is 0. The summed E-state index contributed by atoms with van der Waals surface area (Å²) in [6.45, 7) is 2.67. The Morgan fingerprint density at radius 3 is 2.65 bits per heavy atom. The number of hydrogen-bond acceptors (Lipinski definition) is 3. The number of hydrogen-bond donors (Lipinski definition) is 1. The van der Waals surface area contributed by atoms with Crippen molar-refractivity contribution in [2.24, 2.45) is 4.99 Å². The molecule has 3 nitrogen and oxygen atoms in total. The van der Waals surface area contributed by atoms with Gasteiger partial charge in [0.2, 0.25) is 0 Å². The van der Waals surface area contributed by atoms with Gasteiger partial charge in [0.15, 0.2) is 0 Å². The molecule has 0 radical (unpaired) electrons. The Labute approximate surface area is 117 Å². The smallest absolute Gasteiger partial charge is 0.136 e. The lowest BCUT2D eigenvalue weighted by Crippen LogP contribution is -2.25. The molecular weight excluding hydrogens is 250 g/mol. The predicted octanol–water partition coefficient (Wildman–Crippen LogP) is 2.90. The first-order chi connectivity index (χ1) is 9.75. The summed E-state index contributed by atoms with van der Waals surface area (Å²) in [6, 6.07) is 12.5. The fourth-order valence-electron chi connectivity index (χ4n) is 2.94. The zero-order chi connectivity index (χ0) is 13.7. The fourth-order valence-corrected chi connectivity index (χ4v) is 2.94. The van der Waals surface area contributed by atoms with Crippen LogP contribution in [0.25, 0.3) is 22.3 Å². The molecule has 0 saturated heterocycles. The molecule has 0 fully saturated rings. The molecule has 100 valence electrons. The van der Waals surface area contributed by atoms with Crippen molar-refractivity contribution in [3.05, 3.63) is 42.0 Å². The SMILES string of the molecule is CC1=NCC(O)COc2c1ccc1c2-c2ccccc2-1. The van der Waals surface area contributed by atoms with Gasteiger partial charge in [-0.2, -0.15) is 0 Å². The molecule has 2 aliphatic rings. The molecule has 1 aliphatic heterocycles. The van der Waals surface area contributed by atoms with E-state index in [1.165, 1.54) is 16.7 Å². The van der Waals surface area contributed by atoms with Gasteiger partial charge in [0.25, 0.3) is 0 Å². The van der Waals surface area contributed by atoms with Crippen molar-refractivity contribution in [1.82, 2.24) is 0 Å². The quantitative estimate of drug-likeness (QED) is 0.679. The highest BCUT2D eigenvalue weighted by atomic mass is 16.5. The molecule has 1 atom stereocenters. The van der Waals surface area contributed by atoms with Gasteiger partial charge in [-0.25, -0.2) is 0 Å². The van der Waals surface area contributed by atoms with E-state index in [1.807, 2.05) is 13.0 Å². The van der Waals surface area contributed by atoms with Gasteiger partial charge in [0.05, 0.1) is 6.54 Å². The summed E-state index contributed by atoms with van der Waals surface area (Å²) in [4.78, 5) is 4.44. The second-order valence-electron chi connectivity index (χ2n) is 5.30. The van der Waals surface area contributed by atoms with Crippen molar-refractivity contribution >= 4 is 5.71 Å². The maximum absolute atomic E-state index is 9.80. The third-order valence-corrected chi connectivity index (χ3v) is 3.99. The van der Waals surface area contributed by atoms with Gasteiger partial charge in [0, 0.05) is 16.8 Å². The van der Waals surface area contributed by atoms with Crippen LogP contribution in [-0.2, 0) is 0 Å². The Balaban J connectivity index is 1.92. The molecule has 1 unspecified atom stereocenters. The average molecular weight is 265 g/mol. The summed E-state index contributed by atoms with van der Waals surface area (Å²) in [7, 11) is 0. The van der Waals surface area contributed by atoms with Crippen molar-refractivity contribution in [1.29, 1.82) is 0 Å². The summed E-state index contributed by atoms with van der Waals surface area (Å²) < 4.78 is 5.90. The lowest BCUT2D eigenvalue weighted by Gasteiger charge is -2.29. The average Bonchev–Trinajstić information content (AvgIpc) is 2.46. The molecule has 20 heavy (non-hydrogen) atoms. The van der Waals surface area contributed by atoms with Crippen LogP contribution in [0.15, 0.2) is 41.4 Å². The van der Waals surface area contributed by atoms with Crippen molar-refractivity contribution in [2.75, 3.05) is 13.2 Å². The van der Waals surface area contributed by atoms with Crippen LogP contribution in [0.3, 0.4) is 0 Å². The summed E-state index contributed by atoms with van der Waals surface area (Å²) in [5, 5.41) is 9.80. The van der Waals surface area contributed by atoms with Gasteiger partial charge in [0.1, 0.15) is 18.5 Å². The maximum Gasteiger partial charge on any atom is 0.136 e. The minimum atomic E-state index is -0.538. The highest BCUT2D eigenvalue weighted by Gasteiger charge is 2.29. The summed E-state index contributed by atoms with van der Waals surface area (Å²) in [5.74, 6) is 0.862. The highest BCUT2D eigenvalue weighted by Crippen LogP contribution is 2.53. The first-order valence-electron chi connectivity index (χ1n) is 6.85. The van der Waals surface area contributed by atoms with E-state index in [9.17, 15) is 5.11 Å². The standard InChI is InChI=1S/C17H15NO2/c1-10-12-6-7-15-13-4-2-3-5-14(13)16(15)17(12)20-9-11(19)8-18-10/h2-7,11,19H,8-9H2,1H3. The molecule has 0 saturated carbocycles. The van der Waals surface area contributed by atoms with Gasteiger partial charge < -0.3 is 9.84 Å². The second-order valence-corrected chi connectivity index (χ2v) is 5.30. The van der Waals surface area contributed by atoms with E-state index in [0.29, 0.717) is 13.2 Å². The highest BCUT2D eigenvalue weighted by molar-refractivity contribution is 6.11. The number of aliphatic hydroxyl groups is 1. The van der Waals surface area contributed by atoms with E-state index in [1.54, 1.807) is 0 Å². The number of nitrogens with zero attached hydrogens (tertiary/aromatic N) is 1. The molecule has 0 aromatic heterocycles. The van der Waals surface area contributed by atoms with Crippen LogP contribution in [0.5, 0.6) is 5.75 Å². The van der Waals surface area contributed by atoms with Crippen LogP contribution in [0.2, 0.25) is 0 Å². The minimum Gasteiger partial charge on any atom is -0.489 e. The van der Waals surface area contributed by atoms with E-state index >= 15 is 0 Å². The third-order valence-electron chi connectivity index (χ3n) is 3.99. The van der Waals surface area contributed by atoms with Crippen molar-refractivity contribution in [2.45, 2.75) is 13.0 Å². The van der Waals surface area contributed by atoms with Crippen LogP contribution in [0.1, 0.15) is 12.5 Å². The van der Waals surface area contributed by atoms with Crippen LogP contribution < -0.4 is 4.74 Å². The predicted molar refractivity (Wildman–Crippen MR) is 79.5 cm³/mol. The topological polar surface area (TPSA) is 41.8 Å². The molecule has 3 heteroatoms. The van der Waals surface area contributed by atoms with Gasteiger partial charge in [-0.05, 0) is 29.7 Å². The summed E-state index contributed by atoms with van der Waals surface area (Å²) in [6.07, 6.45) is -0.538. The Kier molecular flexibility index (Phi) is 2.44. The normalized spacial score (nSPS) is 19.3. The van der Waals surface area contributed by atoms with E-state index in [2.05, 4.69) is 35.3 Å². The lowest BCUT2D eigenvalue weighted by molar-refractivity contribution is 0.113. The molecule has 2 aromatic rings. The summed E-state index contributed by atoms with van der Waals surface area (Å²) in [5.41, 5.74) is 6.83. The molecule has 0 bridgehead atoms. The number of ether oxygens (including phenoxy) is 1. The second kappa shape index (κ2) is 4.18. The van der Waals surface area contributed by atoms with Crippen molar-refractivity contribution in [3.63, 3.8) is 0 Å².